The van der Waals surface area contributed by atoms with E-state index in [-0.39, 0.29) is 39.8 Å². The lowest BCUT2D eigenvalue weighted by atomic mass is 9.79. The molecule has 144 valence electrons. The Morgan fingerprint density at radius 2 is 1.41 bits per heavy atom. The highest BCUT2D eigenvalue weighted by molar-refractivity contribution is 6.30. The Morgan fingerprint density at radius 3 is 2.00 bits per heavy atom. The van der Waals surface area contributed by atoms with Crippen molar-refractivity contribution in [1.82, 2.24) is 0 Å². The maximum absolute atomic E-state index is 13.8. The van der Waals surface area contributed by atoms with Crippen molar-refractivity contribution >= 4 is 11.6 Å². The number of carbonyl (C=O) groups excluding carboxylic acids is 2. The molecule has 0 spiro atoms. The largest absolute Gasteiger partial charge is 0.507 e. The van der Waals surface area contributed by atoms with Gasteiger partial charge in [-0.15, -0.1) is 0 Å². The van der Waals surface area contributed by atoms with Gasteiger partial charge in [-0.05, 0) is 24.1 Å². The zero-order valence-corrected chi connectivity index (χ0v) is 15.0. The van der Waals surface area contributed by atoms with Gasteiger partial charge < -0.3 is 15.3 Å². The van der Waals surface area contributed by atoms with Crippen LogP contribution in [0.15, 0.2) is 48.5 Å². The lowest BCUT2D eigenvalue weighted by Crippen LogP contribution is -2.22. The Morgan fingerprint density at radius 1 is 0.828 bits per heavy atom. The van der Waals surface area contributed by atoms with Gasteiger partial charge in [0, 0.05) is 28.2 Å². The standard InChI is InChI=1S/C23H15FO5/c24-11-5-3-4-10(8-11)14-9-15(25)17-16(14)22(28)18-19(23(17)29)21(27)13-7-2-1-6-12(13)20(18)26/h1-8,14-15,25,28-29H,9H2. The summed E-state index contributed by atoms with van der Waals surface area (Å²) in [5.74, 6) is -3.24. The van der Waals surface area contributed by atoms with Crippen LogP contribution < -0.4 is 0 Å². The van der Waals surface area contributed by atoms with Crippen molar-refractivity contribution in [2.24, 2.45) is 0 Å². The molecule has 0 radical (unpaired) electrons. The van der Waals surface area contributed by atoms with Crippen molar-refractivity contribution in [2.45, 2.75) is 18.4 Å². The predicted molar refractivity (Wildman–Crippen MR) is 101 cm³/mol. The number of carbonyl (C=O) groups is 2. The molecule has 5 nitrogen and oxygen atoms in total. The third-order valence-corrected chi connectivity index (χ3v) is 5.79. The Balaban J connectivity index is 1.81. The van der Waals surface area contributed by atoms with E-state index >= 15 is 0 Å². The number of halogens is 1. The third-order valence-electron chi connectivity index (χ3n) is 5.79. The van der Waals surface area contributed by atoms with Gasteiger partial charge in [-0.25, -0.2) is 4.39 Å². The van der Waals surface area contributed by atoms with Crippen LogP contribution in [0.3, 0.4) is 0 Å². The lowest BCUT2D eigenvalue weighted by Gasteiger charge is -2.23. The molecule has 3 aromatic rings. The predicted octanol–water partition coefficient (Wildman–Crippen LogP) is 3.58. The van der Waals surface area contributed by atoms with Crippen LogP contribution in [0, 0.1) is 5.82 Å². The van der Waals surface area contributed by atoms with Crippen LogP contribution in [0.25, 0.3) is 0 Å². The van der Waals surface area contributed by atoms with E-state index in [1.807, 2.05) is 0 Å². The molecule has 0 saturated carbocycles. The monoisotopic (exact) mass is 390 g/mol. The van der Waals surface area contributed by atoms with E-state index < -0.39 is 40.9 Å². The SMILES string of the molecule is O=C1c2ccccc2C(=O)c2c(O)c3c(c(O)c21)C(O)CC3c1cccc(F)c1. The molecular formula is C23H15FO5. The molecule has 2 aliphatic rings. The summed E-state index contributed by atoms with van der Waals surface area (Å²) in [4.78, 5) is 26.0. The van der Waals surface area contributed by atoms with Gasteiger partial charge in [0.2, 0.25) is 0 Å². The molecule has 3 aromatic carbocycles. The van der Waals surface area contributed by atoms with E-state index in [1.165, 1.54) is 30.3 Å². The molecule has 0 aromatic heterocycles. The Labute approximate surface area is 164 Å². The fourth-order valence-corrected chi connectivity index (χ4v) is 4.53. The number of phenols is 2. The van der Waals surface area contributed by atoms with E-state index in [9.17, 15) is 29.3 Å². The Bertz CT molecular complexity index is 1230. The van der Waals surface area contributed by atoms with Crippen LogP contribution in [0.4, 0.5) is 4.39 Å². The second-order valence-electron chi connectivity index (χ2n) is 7.34. The quantitative estimate of drug-likeness (QED) is 0.432. The number of hydrogen-bond acceptors (Lipinski definition) is 5. The van der Waals surface area contributed by atoms with E-state index in [0.717, 1.165) is 0 Å². The summed E-state index contributed by atoms with van der Waals surface area (Å²) in [5, 5.41) is 32.5. The molecule has 3 N–H and O–H groups in total. The zero-order chi connectivity index (χ0) is 20.4. The van der Waals surface area contributed by atoms with Crippen molar-refractivity contribution in [3.8, 4) is 11.5 Å². The number of benzene rings is 3. The summed E-state index contributed by atoms with van der Waals surface area (Å²) in [6.45, 7) is 0. The van der Waals surface area contributed by atoms with Crippen molar-refractivity contribution in [3.05, 3.63) is 93.3 Å². The first kappa shape index (κ1) is 17.6. The van der Waals surface area contributed by atoms with Gasteiger partial charge in [0.25, 0.3) is 0 Å². The van der Waals surface area contributed by atoms with E-state index in [4.69, 9.17) is 0 Å². The smallest absolute Gasteiger partial charge is 0.198 e. The van der Waals surface area contributed by atoms with Crippen molar-refractivity contribution in [1.29, 1.82) is 0 Å². The molecule has 0 bridgehead atoms. The summed E-state index contributed by atoms with van der Waals surface area (Å²) in [6, 6.07) is 11.9. The van der Waals surface area contributed by atoms with Crippen LogP contribution in [0.2, 0.25) is 0 Å². The number of aromatic hydroxyl groups is 2. The van der Waals surface area contributed by atoms with Gasteiger partial charge >= 0.3 is 0 Å². The summed E-state index contributed by atoms with van der Waals surface area (Å²) < 4.78 is 13.8. The molecule has 0 fully saturated rings. The van der Waals surface area contributed by atoms with Gasteiger partial charge in [0.05, 0.1) is 17.2 Å². The summed E-state index contributed by atoms with van der Waals surface area (Å²) in [6.07, 6.45) is -1.09. The summed E-state index contributed by atoms with van der Waals surface area (Å²) in [5.41, 5.74) is 0.349. The number of phenolic OH excluding ortho intramolecular Hbond substituents is 2. The van der Waals surface area contributed by atoms with Crippen molar-refractivity contribution in [2.75, 3.05) is 0 Å². The van der Waals surface area contributed by atoms with E-state index in [0.29, 0.717) is 5.56 Å². The molecule has 29 heavy (non-hydrogen) atoms. The first-order valence-electron chi connectivity index (χ1n) is 9.13. The molecule has 0 heterocycles. The topological polar surface area (TPSA) is 94.8 Å². The molecular weight excluding hydrogens is 375 g/mol. The maximum atomic E-state index is 13.8. The summed E-state index contributed by atoms with van der Waals surface area (Å²) >= 11 is 0. The molecule has 6 heteroatoms. The fraction of sp³-hybridized carbons (Fsp3) is 0.130. The molecule has 0 saturated heterocycles. The van der Waals surface area contributed by atoms with Crippen LogP contribution in [-0.4, -0.2) is 26.9 Å². The minimum absolute atomic E-state index is 0.0102. The van der Waals surface area contributed by atoms with Crippen molar-refractivity contribution < 1.29 is 29.3 Å². The average Bonchev–Trinajstić information content (AvgIpc) is 3.07. The normalized spacial score (nSPS) is 19.7. The van der Waals surface area contributed by atoms with Crippen molar-refractivity contribution in [3.63, 3.8) is 0 Å². The molecule has 2 aliphatic carbocycles. The second kappa shape index (κ2) is 5.99. The highest BCUT2D eigenvalue weighted by Crippen LogP contribution is 2.55. The van der Waals surface area contributed by atoms with Gasteiger partial charge in [0.15, 0.2) is 11.6 Å². The van der Waals surface area contributed by atoms with Crippen LogP contribution in [0.1, 0.15) is 67.0 Å². The average molecular weight is 390 g/mol. The minimum atomic E-state index is -1.17. The molecule has 5 rings (SSSR count). The minimum Gasteiger partial charge on any atom is -0.507 e. The van der Waals surface area contributed by atoms with Crippen LogP contribution >= 0.6 is 0 Å². The first-order chi connectivity index (χ1) is 13.9. The molecule has 2 atom stereocenters. The number of rotatable bonds is 1. The highest BCUT2D eigenvalue weighted by Gasteiger charge is 2.43. The van der Waals surface area contributed by atoms with E-state index in [2.05, 4.69) is 0 Å². The number of aliphatic hydroxyl groups excluding tert-OH is 1. The Kier molecular flexibility index (Phi) is 3.63. The molecule has 0 amide bonds. The van der Waals surface area contributed by atoms with Gasteiger partial charge in [-0.3, -0.25) is 9.59 Å². The number of hydrogen-bond donors (Lipinski definition) is 3. The number of ketones is 2. The summed E-state index contributed by atoms with van der Waals surface area (Å²) in [7, 11) is 0. The van der Waals surface area contributed by atoms with E-state index in [1.54, 1.807) is 18.2 Å². The lowest BCUT2D eigenvalue weighted by molar-refractivity contribution is 0.0973. The molecule has 0 aliphatic heterocycles. The molecule has 2 unspecified atom stereocenters. The fourth-order valence-electron chi connectivity index (χ4n) is 4.53. The number of fused-ring (bicyclic) bond motifs is 3. The van der Waals surface area contributed by atoms with Gasteiger partial charge in [-0.1, -0.05) is 36.4 Å². The van der Waals surface area contributed by atoms with Crippen LogP contribution in [0.5, 0.6) is 11.5 Å². The maximum Gasteiger partial charge on any atom is 0.198 e. The first-order valence-corrected chi connectivity index (χ1v) is 9.13. The highest BCUT2D eigenvalue weighted by atomic mass is 19.1. The third kappa shape index (κ3) is 2.29. The zero-order valence-electron chi connectivity index (χ0n) is 15.0. The van der Waals surface area contributed by atoms with Gasteiger partial charge in [0.1, 0.15) is 17.3 Å². The van der Waals surface area contributed by atoms with Crippen LogP contribution in [-0.2, 0) is 0 Å². The van der Waals surface area contributed by atoms with Gasteiger partial charge in [-0.2, -0.15) is 0 Å². The second-order valence-corrected chi connectivity index (χ2v) is 7.34. The number of aliphatic hydroxyl groups is 1. The Hall–Kier alpha value is -3.51.